The van der Waals surface area contributed by atoms with Crippen LogP contribution in [-0.2, 0) is 11.2 Å². The highest BCUT2D eigenvalue weighted by atomic mass is 16.4. The first kappa shape index (κ1) is 22.9. The number of anilines is 1. The molecule has 1 unspecified atom stereocenters. The lowest BCUT2D eigenvalue weighted by Crippen LogP contribution is -2.32. The van der Waals surface area contributed by atoms with Gasteiger partial charge in [0.25, 0.3) is 5.91 Å². The number of carboxylic acid groups (broad SMARTS) is 1. The number of hydrogen-bond donors (Lipinski definition) is 3. The van der Waals surface area contributed by atoms with Gasteiger partial charge in [-0.05, 0) is 67.3 Å². The Hall–Kier alpha value is -4.23. The largest absolute Gasteiger partial charge is 0.480 e. The van der Waals surface area contributed by atoms with Gasteiger partial charge < -0.3 is 16.2 Å². The van der Waals surface area contributed by atoms with Crippen LogP contribution in [0.25, 0.3) is 16.9 Å². The number of aryl methyl sites for hydroxylation is 2. The number of carbonyl (C=O) groups is 2. The molecule has 7 heteroatoms. The van der Waals surface area contributed by atoms with E-state index in [1.807, 2.05) is 62.4 Å². The van der Waals surface area contributed by atoms with Crippen molar-refractivity contribution in [1.82, 2.24) is 9.78 Å². The molecule has 34 heavy (non-hydrogen) atoms. The molecule has 1 amide bonds. The molecule has 0 fully saturated rings. The fraction of sp³-hybridized carbons (Fsp3) is 0.148. The van der Waals surface area contributed by atoms with E-state index >= 15 is 0 Å². The van der Waals surface area contributed by atoms with E-state index in [2.05, 4.69) is 5.32 Å². The van der Waals surface area contributed by atoms with Crippen molar-refractivity contribution in [2.45, 2.75) is 26.3 Å². The number of aliphatic carboxylic acids is 1. The number of hydrogen-bond acceptors (Lipinski definition) is 4. The predicted molar refractivity (Wildman–Crippen MR) is 132 cm³/mol. The van der Waals surface area contributed by atoms with Gasteiger partial charge >= 0.3 is 5.97 Å². The average Bonchev–Trinajstić information content (AvgIpc) is 3.27. The first-order chi connectivity index (χ1) is 16.3. The van der Waals surface area contributed by atoms with Crippen LogP contribution in [-0.4, -0.2) is 32.8 Å². The van der Waals surface area contributed by atoms with Gasteiger partial charge in [0, 0.05) is 17.4 Å². The van der Waals surface area contributed by atoms with Gasteiger partial charge in [-0.1, -0.05) is 42.5 Å². The molecule has 0 spiro atoms. The molecule has 0 aliphatic carbocycles. The molecule has 0 saturated carbocycles. The summed E-state index contributed by atoms with van der Waals surface area (Å²) in [7, 11) is 0. The van der Waals surface area contributed by atoms with Crippen molar-refractivity contribution in [2.24, 2.45) is 5.73 Å². The molecule has 3 aromatic carbocycles. The Morgan fingerprint density at radius 2 is 1.76 bits per heavy atom. The molecule has 4 aromatic rings. The summed E-state index contributed by atoms with van der Waals surface area (Å²) in [5.41, 5.74) is 11.9. The fourth-order valence-electron chi connectivity index (χ4n) is 3.67. The topological polar surface area (TPSA) is 110 Å². The quantitative estimate of drug-likeness (QED) is 0.384. The normalized spacial score (nSPS) is 11.7. The van der Waals surface area contributed by atoms with Gasteiger partial charge in [-0.3, -0.25) is 9.59 Å². The first-order valence-electron chi connectivity index (χ1n) is 10.9. The van der Waals surface area contributed by atoms with Crippen LogP contribution in [0.1, 0.15) is 27.0 Å². The number of carbonyl (C=O) groups excluding carboxylic acids is 1. The second-order valence-electron chi connectivity index (χ2n) is 8.27. The Kier molecular flexibility index (Phi) is 6.56. The average molecular weight is 455 g/mol. The van der Waals surface area contributed by atoms with E-state index in [0.29, 0.717) is 16.9 Å². The summed E-state index contributed by atoms with van der Waals surface area (Å²) >= 11 is 0. The van der Waals surface area contributed by atoms with Gasteiger partial charge in [0.2, 0.25) is 0 Å². The monoisotopic (exact) mass is 454 g/mol. The van der Waals surface area contributed by atoms with Crippen LogP contribution in [0.4, 0.5) is 5.69 Å². The standard InChI is InChI=1S/C27H26N4O3/c1-17-11-12-20(13-18(17)2)25-23(16-31(30-25)22-9-4-3-5-10-22)26(32)29-21-8-6-7-19(14-21)15-24(28)27(33)34/h3-14,16,24H,15,28H2,1-2H3,(H,29,32)(H,33,34). The Morgan fingerprint density at radius 1 is 1.00 bits per heavy atom. The molecule has 4 rings (SSSR count). The smallest absolute Gasteiger partial charge is 0.320 e. The van der Waals surface area contributed by atoms with E-state index in [4.69, 9.17) is 15.9 Å². The molecule has 172 valence electrons. The van der Waals surface area contributed by atoms with E-state index in [1.165, 1.54) is 0 Å². The molecule has 0 radical (unpaired) electrons. The van der Waals surface area contributed by atoms with Crippen molar-refractivity contribution in [2.75, 3.05) is 5.32 Å². The molecule has 0 bridgehead atoms. The third-order valence-electron chi connectivity index (χ3n) is 5.72. The minimum atomic E-state index is -1.07. The zero-order valence-corrected chi connectivity index (χ0v) is 19.0. The summed E-state index contributed by atoms with van der Waals surface area (Å²) in [5.74, 6) is -1.38. The minimum absolute atomic E-state index is 0.166. The predicted octanol–water partition coefficient (Wildman–Crippen LogP) is 4.36. The van der Waals surface area contributed by atoms with E-state index in [9.17, 15) is 9.59 Å². The van der Waals surface area contributed by atoms with E-state index in [-0.39, 0.29) is 12.3 Å². The summed E-state index contributed by atoms with van der Waals surface area (Å²) < 4.78 is 1.70. The lowest BCUT2D eigenvalue weighted by molar-refractivity contribution is -0.138. The molecule has 0 aliphatic heterocycles. The third-order valence-corrected chi connectivity index (χ3v) is 5.72. The number of aromatic nitrogens is 2. The molecular formula is C27H26N4O3. The molecule has 0 saturated heterocycles. The van der Waals surface area contributed by atoms with Crippen LogP contribution in [0.3, 0.4) is 0 Å². The molecular weight excluding hydrogens is 428 g/mol. The van der Waals surface area contributed by atoms with Gasteiger partial charge in [0.1, 0.15) is 11.7 Å². The summed E-state index contributed by atoms with van der Waals surface area (Å²) in [6.07, 6.45) is 1.89. The molecule has 0 aliphatic rings. The van der Waals surface area contributed by atoms with E-state index < -0.39 is 12.0 Å². The number of nitrogens with two attached hydrogens (primary N) is 1. The van der Waals surface area contributed by atoms with E-state index in [1.54, 1.807) is 35.1 Å². The Labute approximate surface area is 197 Å². The molecule has 1 heterocycles. The summed E-state index contributed by atoms with van der Waals surface area (Å²) in [4.78, 5) is 24.4. The highest BCUT2D eigenvalue weighted by Crippen LogP contribution is 2.27. The number of nitrogens with one attached hydrogen (secondary N) is 1. The van der Waals surface area contributed by atoms with Gasteiger partial charge in [-0.15, -0.1) is 0 Å². The maximum Gasteiger partial charge on any atom is 0.320 e. The van der Waals surface area contributed by atoms with Crippen molar-refractivity contribution in [1.29, 1.82) is 0 Å². The number of para-hydroxylation sites is 1. The van der Waals surface area contributed by atoms with Crippen molar-refractivity contribution >= 4 is 17.6 Å². The number of benzene rings is 3. The zero-order chi connectivity index (χ0) is 24.2. The highest BCUT2D eigenvalue weighted by molar-refractivity contribution is 6.08. The lowest BCUT2D eigenvalue weighted by atomic mass is 10.0. The number of nitrogens with zero attached hydrogens (tertiary/aromatic N) is 2. The SMILES string of the molecule is Cc1ccc(-c2nn(-c3ccccc3)cc2C(=O)Nc2cccc(CC(N)C(=O)O)c2)cc1C. The van der Waals surface area contributed by atoms with Crippen LogP contribution in [0.2, 0.25) is 0 Å². The third kappa shape index (κ3) is 5.05. The second kappa shape index (κ2) is 9.72. The molecule has 7 nitrogen and oxygen atoms in total. The second-order valence-corrected chi connectivity index (χ2v) is 8.27. The molecule has 4 N–H and O–H groups in total. The maximum absolute atomic E-state index is 13.4. The number of rotatable bonds is 7. The van der Waals surface area contributed by atoms with Crippen molar-refractivity contribution in [3.8, 4) is 16.9 Å². The summed E-state index contributed by atoms with van der Waals surface area (Å²) in [6, 6.07) is 21.6. The Balaban J connectivity index is 1.69. The molecule has 1 aromatic heterocycles. The Bertz CT molecular complexity index is 1350. The first-order valence-corrected chi connectivity index (χ1v) is 10.9. The van der Waals surface area contributed by atoms with Crippen molar-refractivity contribution in [3.05, 3.63) is 101 Å². The molecule has 1 atom stereocenters. The number of carboxylic acids is 1. The fourth-order valence-corrected chi connectivity index (χ4v) is 3.67. The zero-order valence-electron chi connectivity index (χ0n) is 19.0. The van der Waals surface area contributed by atoms with Crippen LogP contribution < -0.4 is 11.1 Å². The Morgan fingerprint density at radius 3 is 2.47 bits per heavy atom. The van der Waals surface area contributed by atoms with Gasteiger partial charge in [0.15, 0.2) is 0 Å². The minimum Gasteiger partial charge on any atom is -0.480 e. The lowest BCUT2D eigenvalue weighted by Gasteiger charge is -2.10. The van der Waals surface area contributed by atoms with Crippen LogP contribution in [0.5, 0.6) is 0 Å². The summed E-state index contributed by atoms with van der Waals surface area (Å²) in [5, 5.41) is 16.7. The van der Waals surface area contributed by atoms with Crippen molar-refractivity contribution in [3.63, 3.8) is 0 Å². The van der Waals surface area contributed by atoms with Crippen molar-refractivity contribution < 1.29 is 14.7 Å². The number of amides is 1. The van der Waals surface area contributed by atoms with Gasteiger partial charge in [0.05, 0.1) is 11.3 Å². The summed E-state index contributed by atoms with van der Waals surface area (Å²) in [6.45, 7) is 4.07. The van der Waals surface area contributed by atoms with Crippen LogP contribution in [0, 0.1) is 13.8 Å². The van der Waals surface area contributed by atoms with Crippen LogP contribution >= 0.6 is 0 Å². The van der Waals surface area contributed by atoms with E-state index in [0.717, 1.165) is 27.9 Å². The maximum atomic E-state index is 13.4. The van der Waals surface area contributed by atoms with Gasteiger partial charge in [-0.25, -0.2) is 4.68 Å². The highest BCUT2D eigenvalue weighted by Gasteiger charge is 2.20. The van der Waals surface area contributed by atoms with Crippen LogP contribution in [0.15, 0.2) is 79.0 Å². The van der Waals surface area contributed by atoms with Gasteiger partial charge in [-0.2, -0.15) is 5.10 Å².